The molecule has 146 valence electrons. The van der Waals surface area contributed by atoms with Crippen molar-refractivity contribution < 1.29 is 13.2 Å². The molecule has 2 heterocycles. The normalized spacial score (nSPS) is 14.3. The van der Waals surface area contributed by atoms with Crippen molar-refractivity contribution in [3.05, 3.63) is 63.6 Å². The largest absolute Gasteiger partial charge is 0.416 e. The number of alkyl halides is 3. The molecule has 1 N–H and O–H groups in total. The maximum atomic E-state index is 12.9. The summed E-state index contributed by atoms with van der Waals surface area (Å²) >= 11 is 12.6. The highest BCUT2D eigenvalue weighted by Gasteiger charge is 2.30. The van der Waals surface area contributed by atoms with Gasteiger partial charge in [0.1, 0.15) is 5.82 Å². The smallest absolute Gasteiger partial charge is 0.370 e. The number of rotatable bonds is 2. The molecule has 0 fully saturated rings. The number of aromatic nitrogens is 2. The van der Waals surface area contributed by atoms with E-state index in [9.17, 15) is 13.2 Å². The highest BCUT2D eigenvalue weighted by molar-refractivity contribution is 6.43. The van der Waals surface area contributed by atoms with Gasteiger partial charge in [-0.15, -0.1) is 0 Å². The van der Waals surface area contributed by atoms with Crippen LogP contribution < -0.4 is 5.32 Å². The molecule has 1 aromatic heterocycles. The fraction of sp³-hybridized carbons (Fsp3) is 0.250. The third kappa shape index (κ3) is 3.47. The maximum Gasteiger partial charge on any atom is 0.416 e. The summed E-state index contributed by atoms with van der Waals surface area (Å²) in [6.07, 6.45) is -1.64. The number of halogens is 5. The minimum absolute atomic E-state index is 0.375. The van der Waals surface area contributed by atoms with E-state index in [0.717, 1.165) is 49.3 Å². The first-order valence-electron chi connectivity index (χ1n) is 8.84. The Kier molecular flexibility index (Phi) is 5.02. The molecule has 1 aliphatic heterocycles. The zero-order valence-corrected chi connectivity index (χ0v) is 16.2. The lowest BCUT2D eigenvalue weighted by Gasteiger charge is -2.11. The summed E-state index contributed by atoms with van der Waals surface area (Å²) in [6.45, 7) is 0.781. The van der Waals surface area contributed by atoms with Crippen molar-refractivity contribution in [3.63, 3.8) is 0 Å². The third-order valence-electron chi connectivity index (χ3n) is 4.77. The standard InChI is InChI=1S/C20H16Cl2F3N3/c21-15-5-3-6-16(17(15)22)28-19-14(4-1-2-11-26-19)18(27-28)12-7-9-13(10-8-12)20(23,24)25/h3,5-10,26H,1-2,4,11H2. The van der Waals surface area contributed by atoms with E-state index in [1.165, 1.54) is 12.1 Å². The molecule has 3 nitrogen and oxygen atoms in total. The van der Waals surface area contributed by atoms with Crippen LogP contribution in [-0.4, -0.2) is 16.3 Å². The monoisotopic (exact) mass is 425 g/mol. The van der Waals surface area contributed by atoms with Crippen LogP contribution in [0.3, 0.4) is 0 Å². The Morgan fingerprint density at radius 2 is 1.75 bits per heavy atom. The van der Waals surface area contributed by atoms with E-state index in [2.05, 4.69) is 5.32 Å². The van der Waals surface area contributed by atoms with Crippen molar-refractivity contribution in [2.45, 2.75) is 25.4 Å². The summed E-state index contributed by atoms with van der Waals surface area (Å²) in [7, 11) is 0. The fourth-order valence-corrected chi connectivity index (χ4v) is 3.76. The number of hydrogen-bond acceptors (Lipinski definition) is 2. The highest BCUT2D eigenvalue weighted by Crippen LogP contribution is 2.38. The van der Waals surface area contributed by atoms with Gasteiger partial charge in [0.25, 0.3) is 0 Å². The molecule has 0 bridgehead atoms. The molecule has 0 saturated carbocycles. The third-order valence-corrected chi connectivity index (χ3v) is 5.58. The second-order valence-electron chi connectivity index (χ2n) is 6.62. The van der Waals surface area contributed by atoms with E-state index < -0.39 is 11.7 Å². The molecular formula is C20H16Cl2F3N3. The lowest BCUT2D eigenvalue weighted by Crippen LogP contribution is -2.07. The number of hydrogen-bond donors (Lipinski definition) is 1. The molecule has 3 aromatic rings. The van der Waals surface area contributed by atoms with E-state index in [0.29, 0.717) is 27.0 Å². The predicted molar refractivity (Wildman–Crippen MR) is 105 cm³/mol. The summed E-state index contributed by atoms with van der Waals surface area (Å²) in [4.78, 5) is 0. The average Bonchev–Trinajstić information content (AvgIpc) is 2.84. The fourth-order valence-electron chi connectivity index (χ4n) is 3.38. The Morgan fingerprint density at radius 3 is 2.46 bits per heavy atom. The lowest BCUT2D eigenvalue weighted by atomic mass is 10.0. The molecule has 0 spiro atoms. The highest BCUT2D eigenvalue weighted by atomic mass is 35.5. The second-order valence-corrected chi connectivity index (χ2v) is 7.40. The minimum Gasteiger partial charge on any atom is -0.370 e. The van der Waals surface area contributed by atoms with Gasteiger partial charge in [-0.25, -0.2) is 4.68 Å². The van der Waals surface area contributed by atoms with Crippen LogP contribution in [0, 0.1) is 0 Å². The van der Waals surface area contributed by atoms with Crippen molar-refractivity contribution in [2.75, 3.05) is 11.9 Å². The van der Waals surface area contributed by atoms with E-state index >= 15 is 0 Å². The lowest BCUT2D eigenvalue weighted by molar-refractivity contribution is -0.137. The van der Waals surface area contributed by atoms with Crippen molar-refractivity contribution in [1.29, 1.82) is 0 Å². The molecule has 2 aromatic carbocycles. The van der Waals surface area contributed by atoms with Gasteiger partial charge in [0, 0.05) is 17.7 Å². The van der Waals surface area contributed by atoms with Crippen molar-refractivity contribution in [2.24, 2.45) is 0 Å². The minimum atomic E-state index is -4.37. The van der Waals surface area contributed by atoms with Crippen LogP contribution in [0.4, 0.5) is 19.0 Å². The van der Waals surface area contributed by atoms with Crippen molar-refractivity contribution in [1.82, 2.24) is 9.78 Å². The van der Waals surface area contributed by atoms with Gasteiger partial charge in [-0.3, -0.25) is 0 Å². The van der Waals surface area contributed by atoms with Gasteiger partial charge in [-0.1, -0.05) is 41.4 Å². The first kappa shape index (κ1) is 19.2. The second kappa shape index (κ2) is 7.33. The van der Waals surface area contributed by atoms with Crippen LogP contribution in [0.15, 0.2) is 42.5 Å². The number of anilines is 1. The average molecular weight is 426 g/mol. The van der Waals surface area contributed by atoms with Crippen LogP contribution >= 0.6 is 23.2 Å². The van der Waals surface area contributed by atoms with Gasteiger partial charge in [0.2, 0.25) is 0 Å². The van der Waals surface area contributed by atoms with Gasteiger partial charge >= 0.3 is 6.18 Å². The first-order valence-corrected chi connectivity index (χ1v) is 9.59. The quantitative estimate of drug-likeness (QED) is 0.500. The SMILES string of the molecule is FC(F)(F)c1ccc(-c2nn(-c3cccc(Cl)c3Cl)c3c2CCCCN3)cc1. The van der Waals surface area contributed by atoms with Crippen LogP contribution in [0.25, 0.3) is 16.9 Å². The number of nitrogens with zero attached hydrogens (tertiary/aromatic N) is 2. The molecule has 0 amide bonds. The van der Waals surface area contributed by atoms with Crippen LogP contribution in [0.2, 0.25) is 10.0 Å². The predicted octanol–water partition coefficient (Wildman–Crippen LogP) is 6.61. The molecule has 0 aliphatic carbocycles. The summed E-state index contributed by atoms with van der Waals surface area (Å²) in [5.74, 6) is 0.802. The molecule has 28 heavy (non-hydrogen) atoms. The summed E-state index contributed by atoms with van der Waals surface area (Å²) in [5.41, 5.74) is 2.18. The molecule has 8 heteroatoms. The molecular weight excluding hydrogens is 410 g/mol. The summed E-state index contributed by atoms with van der Waals surface area (Å²) < 4.78 is 40.4. The number of nitrogens with one attached hydrogen (secondary N) is 1. The van der Waals surface area contributed by atoms with Crippen molar-refractivity contribution in [3.8, 4) is 16.9 Å². The molecule has 1 aliphatic rings. The van der Waals surface area contributed by atoms with E-state index in [1.807, 2.05) is 6.07 Å². The van der Waals surface area contributed by atoms with Gasteiger partial charge in [0.05, 0.1) is 27.0 Å². The van der Waals surface area contributed by atoms with Gasteiger partial charge in [0.15, 0.2) is 0 Å². The number of fused-ring (bicyclic) bond motifs is 1. The first-order chi connectivity index (χ1) is 13.4. The van der Waals surface area contributed by atoms with Gasteiger partial charge < -0.3 is 5.32 Å². The van der Waals surface area contributed by atoms with Crippen LogP contribution in [0.1, 0.15) is 24.0 Å². The van der Waals surface area contributed by atoms with Gasteiger partial charge in [-0.05, 0) is 43.5 Å². The van der Waals surface area contributed by atoms with Gasteiger partial charge in [-0.2, -0.15) is 18.3 Å². The van der Waals surface area contributed by atoms with Crippen LogP contribution in [-0.2, 0) is 12.6 Å². The Labute approximate surface area is 170 Å². The summed E-state index contributed by atoms with van der Waals surface area (Å²) in [5, 5.41) is 8.87. The zero-order valence-electron chi connectivity index (χ0n) is 14.7. The molecule has 4 rings (SSSR count). The van der Waals surface area contributed by atoms with E-state index in [4.69, 9.17) is 28.3 Å². The Bertz CT molecular complexity index is 1010. The Morgan fingerprint density at radius 1 is 1.00 bits per heavy atom. The Balaban J connectivity index is 1.87. The molecule has 0 saturated heterocycles. The maximum absolute atomic E-state index is 12.9. The molecule has 0 radical (unpaired) electrons. The molecule has 0 unspecified atom stereocenters. The zero-order chi connectivity index (χ0) is 19.9. The van der Waals surface area contributed by atoms with Crippen molar-refractivity contribution >= 4 is 29.0 Å². The van der Waals surface area contributed by atoms with E-state index in [1.54, 1.807) is 16.8 Å². The Hall–Kier alpha value is -2.18. The van der Waals surface area contributed by atoms with Crippen LogP contribution in [0.5, 0.6) is 0 Å². The topological polar surface area (TPSA) is 29.9 Å². The van der Waals surface area contributed by atoms with E-state index in [-0.39, 0.29) is 0 Å². The molecule has 0 atom stereocenters. The number of benzene rings is 2. The summed E-state index contributed by atoms with van der Waals surface area (Å²) in [6, 6.07) is 10.4.